The van der Waals surface area contributed by atoms with E-state index in [0.29, 0.717) is 25.3 Å². The summed E-state index contributed by atoms with van der Waals surface area (Å²) < 4.78 is 13.1. The summed E-state index contributed by atoms with van der Waals surface area (Å²) in [7, 11) is 0. The number of fused-ring (bicyclic) bond motifs is 1. The van der Waals surface area contributed by atoms with Crippen molar-refractivity contribution >= 4 is 28.8 Å². The Labute approximate surface area is 196 Å². The number of imidazole rings is 1. The first-order valence-corrected chi connectivity index (χ1v) is 10.8. The Kier molecular flexibility index (Phi) is 7.02. The van der Waals surface area contributed by atoms with Crippen molar-refractivity contribution in [3.63, 3.8) is 0 Å². The number of hydrogen-bond acceptors (Lipinski definition) is 6. The van der Waals surface area contributed by atoms with Crippen molar-refractivity contribution in [2.75, 3.05) is 18.5 Å². The number of carbonyl (C=O) groups is 2. The second-order valence-electron chi connectivity index (χ2n) is 7.59. The van der Waals surface area contributed by atoms with E-state index >= 15 is 0 Å². The Bertz CT molecular complexity index is 1300. The van der Waals surface area contributed by atoms with Gasteiger partial charge in [0.05, 0.1) is 48.4 Å². The molecule has 2 aromatic carbocycles. The van der Waals surface area contributed by atoms with E-state index in [1.165, 1.54) is 24.3 Å². The van der Waals surface area contributed by atoms with Crippen LogP contribution in [0.1, 0.15) is 28.0 Å². The minimum Gasteiger partial charge on any atom is -0.493 e. The van der Waals surface area contributed by atoms with Crippen LogP contribution in [0.25, 0.3) is 11.0 Å². The minimum absolute atomic E-state index is 0.143. The molecule has 174 valence electrons. The van der Waals surface area contributed by atoms with Gasteiger partial charge in [0.1, 0.15) is 5.75 Å². The maximum absolute atomic E-state index is 11.9. The predicted molar refractivity (Wildman–Crippen MR) is 126 cm³/mol. The zero-order valence-electron chi connectivity index (χ0n) is 18.6. The lowest BCUT2D eigenvalue weighted by atomic mass is 10.2. The smallest absolute Gasteiger partial charge is 0.411 e. The number of amides is 1. The molecule has 0 saturated carbocycles. The average molecular weight is 460 g/mol. The number of benzene rings is 2. The SMILES string of the molecule is Cc1c(OCCCOC(=O)Nc2ccc(C(=O)O)cc2)ccnc1Cn1cnc2ccccc21. The summed E-state index contributed by atoms with van der Waals surface area (Å²) in [6.45, 7) is 3.10. The molecule has 0 atom stereocenters. The molecule has 0 spiro atoms. The van der Waals surface area contributed by atoms with Crippen molar-refractivity contribution < 1.29 is 24.2 Å². The van der Waals surface area contributed by atoms with Gasteiger partial charge in [-0.25, -0.2) is 14.6 Å². The lowest BCUT2D eigenvalue weighted by Gasteiger charge is -2.13. The van der Waals surface area contributed by atoms with E-state index in [4.69, 9.17) is 14.6 Å². The average Bonchev–Trinajstić information content (AvgIpc) is 3.24. The van der Waals surface area contributed by atoms with E-state index in [1.807, 2.05) is 43.6 Å². The van der Waals surface area contributed by atoms with Gasteiger partial charge in [-0.3, -0.25) is 10.3 Å². The number of aromatic nitrogens is 3. The number of anilines is 1. The fourth-order valence-electron chi connectivity index (χ4n) is 3.43. The molecule has 0 unspecified atom stereocenters. The van der Waals surface area contributed by atoms with Crippen LogP contribution in [0.3, 0.4) is 0 Å². The number of pyridine rings is 1. The van der Waals surface area contributed by atoms with Crippen molar-refractivity contribution in [2.45, 2.75) is 19.9 Å². The van der Waals surface area contributed by atoms with Gasteiger partial charge in [0.15, 0.2) is 0 Å². The Morgan fingerprint density at radius 3 is 2.62 bits per heavy atom. The molecule has 0 aliphatic carbocycles. The molecule has 9 nitrogen and oxygen atoms in total. The number of carboxylic acid groups (broad SMARTS) is 1. The molecule has 2 heterocycles. The number of carbonyl (C=O) groups excluding carboxylic acids is 1. The van der Waals surface area contributed by atoms with Gasteiger partial charge < -0.3 is 19.1 Å². The van der Waals surface area contributed by atoms with E-state index in [1.54, 1.807) is 6.20 Å². The normalized spacial score (nSPS) is 10.7. The lowest BCUT2D eigenvalue weighted by Crippen LogP contribution is -2.15. The highest BCUT2D eigenvalue weighted by Crippen LogP contribution is 2.22. The fraction of sp³-hybridized carbons (Fsp3) is 0.200. The molecule has 2 N–H and O–H groups in total. The molecular formula is C25H24N4O5. The number of rotatable bonds is 9. The molecule has 2 aromatic heterocycles. The largest absolute Gasteiger partial charge is 0.493 e. The molecular weight excluding hydrogens is 436 g/mol. The number of para-hydroxylation sites is 2. The lowest BCUT2D eigenvalue weighted by molar-refractivity contribution is 0.0697. The van der Waals surface area contributed by atoms with Gasteiger partial charge in [-0.2, -0.15) is 0 Å². The summed E-state index contributed by atoms with van der Waals surface area (Å²) in [5, 5.41) is 11.5. The number of carboxylic acids is 1. The zero-order valence-corrected chi connectivity index (χ0v) is 18.6. The third-order valence-electron chi connectivity index (χ3n) is 5.26. The number of aromatic carboxylic acids is 1. The van der Waals surface area contributed by atoms with Gasteiger partial charge in [-0.15, -0.1) is 0 Å². The Hall–Kier alpha value is -4.40. The minimum atomic E-state index is -1.03. The van der Waals surface area contributed by atoms with Crippen LogP contribution in [0.5, 0.6) is 5.75 Å². The van der Waals surface area contributed by atoms with Crippen LogP contribution in [0.4, 0.5) is 10.5 Å². The first-order valence-electron chi connectivity index (χ1n) is 10.8. The van der Waals surface area contributed by atoms with Crippen LogP contribution >= 0.6 is 0 Å². The second kappa shape index (κ2) is 10.5. The van der Waals surface area contributed by atoms with Crippen LogP contribution in [-0.2, 0) is 11.3 Å². The fourth-order valence-corrected chi connectivity index (χ4v) is 3.43. The molecule has 0 aliphatic heterocycles. The first-order chi connectivity index (χ1) is 16.5. The van der Waals surface area contributed by atoms with E-state index in [9.17, 15) is 9.59 Å². The summed E-state index contributed by atoms with van der Waals surface area (Å²) in [6, 6.07) is 15.6. The maximum atomic E-state index is 11.9. The van der Waals surface area contributed by atoms with Gasteiger partial charge in [-0.1, -0.05) is 12.1 Å². The van der Waals surface area contributed by atoms with E-state index in [-0.39, 0.29) is 12.2 Å². The molecule has 0 aliphatic rings. The third-order valence-corrected chi connectivity index (χ3v) is 5.26. The van der Waals surface area contributed by atoms with Crippen LogP contribution in [-0.4, -0.2) is 44.9 Å². The molecule has 34 heavy (non-hydrogen) atoms. The predicted octanol–water partition coefficient (Wildman–Crippen LogP) is 4.50. The standard InChI is InChI=1S/C25H24N4O5/c1-17-21(15-29-16-27-20-5-2-3-6-22(20)29)26-12-11-23(17)33-13-4-14-34-25(32)28-19-9-7-18(8-10-19)24(30)31/h2-3,5-12,16H,4,13-15H2,1H3,(H,28,32)(H,30,31). The van der Waals surface area contributed by atoms with Gasteiger partial charge >= 0.3 is 12.1 Å². The van der Waals surface area contributed by atoms with Crippen molar-refractivity contribution in [3.8, 4) is 5.75 Å². The highest BCUT2D eigenvalue weighted by atomic mass is 16.5. The van der Waals surface area contributed by atoms with Crippen molar-refractivity contribution in [1.82, 2.24) is 14.5 Å². The molecule has 0 bridgehead atoms. The molecule has 4 aromatic rings. The van der Waals surface area contributed by atoms with Gasteiger partial charge in [0.25, 0.3) is 0 Å². The molecule has 4 rings (SSSR count). The molecule has 1 amide bonds. The number of nitrogens with zero attached hydrogens (tertiary/aromatic N) is 3. The summed E-state index contributed by atoms with van der Waals surface area (Å²) in [5.41, 5.74) is 4.42. The summed E-state index contributed by atoms with van der Waals surface area (Å²) in [4.78, 5) is 31.7. The molecule has 0 saturated heterocycles. The highest BCUT2D eigenvalue weighted by molar-refractivity contribution is 5.89. The van der Waals surface area contributed by atoms with Crippen molar-refractivity contribution in [3.05, 3.63) is 83.9 Å². The van der Waals surface area contributed by atoms with Gasteiger partial charge in [0, 0.05) is 23.9 Å². The van der Waals surface area contributed by atoms with Crippen LogP contribution < -0.4 is 10.1 Å². The van der Waals surface area contributed by atoms with Gasteiger partial charge in [-0.05, 0) is 49.4 Å². The number of nitrogens with one attached hydrogen (secondary N) is 1. The van der Waals surface area contributed by atoms with Crippen LogP contribution in [0.15, 0.2) is 67.1 Å². The Morgan fingerprint density at radius 1 is 1.03 bits per heavy atom. The van der Waals surface area contributed by atoms with Crippen LogP contribution in [0.2, 0.25) is 0 Å². The third kappa shape index (κ3) is 5.50. The summed E-state index contributed by atoms with van der Waals surface area (Å²) >= 11 is 0. The number of hydrogen-bond donors (Lipinski definition) is 2. The van der Waals surface area contributed by atoms with Crippen molar-refractivity contribution in [2.24, 2.45) is 0 Å². The van der Waals surface area contributed by atoms with E-state index < -0.39 is 12.1 Å². The van der Waals surface area contributed by atoms with Gasteiger partial charge in [0.2, 0.25) is 0 Å². The Morgan fingerprint density at radius 2 is 1.82 bits per heavy atom. The van der Waals surface area contributed by atoms with Crippen molar-refractivity contribution in [1.29, 1.82) is 0 Å². The monoisotopic (exact) mass is 460 g/mol. The maximum Gasteiger partial charge on any atom is 0.411 e. The number of ether oxygens (including phenoxy) is 2. The highest BCUT2D eigenvalue weighted by Gasteiger charge is 2.10. The molecule has 0 radical (unpaired) electrons. The second-order valence-corrected chi connectivity index (χ2v) is 7.59. The molecule has 0 fully saturated rings. The zero-order chi connectivity index (χ0) is 23.9. The quantitative estimate of drug-likeness (QED) is 0.353. The summed E-state index contributed by atoms with van der Waals surface area (Å²) in [6.07, 6.45) is 3.42. The first kappa shape index (κ1) is 22.8. The Balaban J connectivity index is 1.24. The van der Waals surface area contributed by atoms with E-state index in [0.717, 1.165) is 28.0 Å². The summed E-state index contributed by atoms with van der Waals surface area (Å²) in [5.74, 6) is -0.293. The topological polar surface area (TPSA) is 116 Å². The molecule has 9 heteroatoms. The van der Waals surface area contributed by atoms with E-state index in [2.05, 4.69) is 19.9 Å². The van der Waals surface area contributed by atoms with Crippen LogP contribution in [0, 0.1) is 6.92 Å².